The summed E-state index contributed by atoms with van der Waals surface area (Å²) in [7, 11) is 0. The summed E-state index contributed by atoms with van der Waals surface area (Å²) in [5.41, 5.74) is 2.88. The monoisotopic (exact) mass is 518 g/mol. The number of carbonyl (C=O) groups is 2. The first-order valence-corrected chi connectivity index (χ1v) is 14.1. The van der Waals surface area contributed by atoms with E-state index in [4.69, 9.17) is 9.47 Å². The van der Waals surface area contributed by atoms with Gasteiger partial charge in [0.2, 0.25) is 12.7 Å². The molecule has 37 heavy (non-hydrogen) atoms. The number of benzene rings is 2. The van der Waals surface area contributed by atoms with Gasteiger partial charge in [-0.1, -0.05) is 44.0 Å². The SMILES string of the molecule is CCCCCc1ccc(C(=O)N(CC(=O)N(Cc2ccc3c(c2)OCO3)Cc2cccs2)C2CC2)cc1. The lowest BCUT2D eigenvalue weighted by Crippen LogP contribution is -2.43. The van der Waals surface area contributed by atoms with Crippen LogP contribution in [0.1, 0.15) is 65.4 Å². The Bertz CT molecular complexity index is 1200. The number of aryl methyl sites for hydroxylation is 1. The molecule has 0 unspecified atom stereocenters. The summed E-state index contributed by atoms with van der Waals surface area (Å²) in [6.45, 7) is 3.44. The van der Waals surface area contributed by atoms with Gasteiger partial charge < -0.3 is 19.3 Å². The third-order valence-corrected chi connectivity index (χ3v) is 7.78. The highest BCUT2D eigenvalue weighted by molar-refractivity contribution is 7.09. The van der Waals surface area contributed by atoms with Crippen molar-refractivity contribution in [1.82, 2.24) is 9.80 Å². The standard InChI is InChI=1S/C30H34N2O4S/c1-2-3-4-6-22-8-11-24(12-9-22)30(34)32(25-13-14-25)20-29(33)31(19-26-7-5-16-37-26)18-23-10-15-27-28(17-23)36-21-35-27/h5,7-12,15-17,25H,2-4,6,13-14,18-21H2,1H3. The van der Waals surface area contributed by atoms with E-state index in [-0.39, 0.29) is 31.2 Å². The van der Waals surface area contributed by atoms with Crippen LogP contribution in [0.5, 0.6) is 11.5 Å². The van der Waals surface area contributed by atoms with Gasteiger partial charge in [0.05, 0.1) is 6.54 Å². The van der Waals surface area contributed by atoms with Gasteiger partial charge in [-0.3, -0.25) is 9.59 Å². The van der Waals surface area contributed by atoms with Crippen molar-refractivity contribution in [2.45, 2.75) is 64.6 Å². The Morgan fingerprint density at radius 3 is 2.46 bits per heavy atom. The van der Waals surface area contributed by atoms with Gasteiger partial charge in [0, 0.05) is 23.0 Å². The second-order valence-electron chi connectivity index (χ2n) is 9.84. The molecular weight excluding hydrogens is 484 g/mol. The number of thiophene rings is 1. The fourth-order valence-electron chi connectivity index (χ4n) is 4.64. The molecule has 7 heteroatoms. The van der Waals surface area contributed by atoms with Crippen LogP contribution in [0.15, 0.2) is 60.0 Å². The summed E-state index contributed by atoms with van der Waals surface area (Å²) in [6.07, 6.45) is 6.49. The molecule has 2 aromatic carbocycles. The van der Waals surface area contributed by atoms with Crippen LogP contribution in [-0.2, 0) is 24.3 Å². The molecule has 5 rings (SSSR count). The zero-order chi connectivity index (χ0) is 25.6. The lowest BCUT2D eigenvalue weighted by molar-refractivity contribution is -0.133. The molecule has 3 aromatic rings. The lowest BCUT2D eigenvalue weighted by atomic mass is 10.0. The van der Waals surface area contributed by atoms with Gasteiger partial charge in [-0.2, -0.15) is 0 Å². The van der Waals surface area contributed by atoms with E-state index in [0.717, 1.165) is 41.9 Å². The first-order chi connectivity index (χ1) is 18.1. The second kappa shape index (κ2) is 11.8. The van der Waals surface area contributed by atoms with Crippen LogP contribution >= 0.6 is 11.3 Å². The predicted octanol–water partition coefficient (Wildman–Crippen LogP) is 6.04. The quantitative estimate of drug-likeness (QED) is 0.274. The molecule has 0 atom stereocenters. The molecule has 1 aliphatic carbocycles. The Labute approximate surface area is 222 Å². The maximum atomic E-state index is 13.7. The maximum absolute atomic E-state index is 13.7. The number of hydrogen-bond acceptors (Lipinski definition) is 5. The molecule has 194 valence electrons. The molecule has 0 saturated heterocycles. The van der Waals surface area contributed by atoms with Gasteiger partial charge in [-0.15, -0.1) is 11.3 Å². The molecule has 0 bridgehead atoms. The minimum atomic E-state index is -0.0601. The zero-order valence-electron chi connectivity index (χ0n) is 21.4. The summed E-state index contributed by atoms with van der Waals surface area (Å²) < 4.78 is 11.0. The van der Waals surface area contributed by atoms with Gasteiger partial charge in [0.25, 0.3) is 5.91 Å². The number of unbranched alkanes of at least 4 members (excludes halogenated alkanes) is 2. The van der Waals surface area contributed by atoms with Gasteiger partial charge in [0.15, 0.2) is 11.5 Å². The number of rotatable bonds is 12. The maximum Gasteiger partial charge on any atom is 0.254 e. The van der Waals surface area contributed by atoms with E-state index in [1.54, 1.807) is 16.2 Å². The van der Waals surface area contributed by atoms with Crippen molar-refractivity contribution in [2.75, 3.05) is 13.3 Å². The van der Waals surface area contributed by atoms with E-state index in [9.17, 15) is 9.59 Å². The molecule has 2 amide bonds. The first-order valence-electron chi connectivity index (χ1n) is 13.2. The van der Waals surface area contributed by atoms with Crippen molar-refractivity contribution < 1.29 is 19.1 Å². The molecule has 2 aliphatic rings. The van der Waals surface area contributed by atoms with Crippen molar-refractivity contribution in [2.24, 2.45) is 0 Å². The van der Waals surface area contributed by atoms with E-state index in [1.807, 2.05) is 52.7 Å². The molecule has 0 N–H and O–H groups in total. The van der Waals surface area contributed by atoms with Crippen LogP contribution in [0, 0.1) is 0 Å². The van der Waals surface area contributed by atoms with E-state index in [2.05, 4.69) is 19.1 Å². The van der Waals surface area contributed by atoms with Crippen LogP contribution in [0.25, 0.3) is 0 Å². The Hall–Kier alpha value is -3.32. The summed E-state index contributed by atoms with van der Waals surface area (Å²) >= 11 is 1.63. The second-order valence-corrected chi connectivity index (χ2v) is 10.9. The first kappa shape index (κ1) is 25.3. The minimum absolute atomic E-state index is 0.0532. The largest absolute Gasteiger partial charge is 0.454 e. The third-order valence-electron chi connectivity index (χ3n) is 6.91. The Morgan fingerprint density at radius 1 is 0.946 bits per heavy atom. The zero-order valence-corrected chi connectivity index (χ0v) is 22.2. The fourth-order valence-corrected chi connectivity index (χ4v) is 5.36. The highest BCUT2D eigenvalue weighted by Crippen LogP contribution is 2.33. The van der Waals surface area contributed by atoms with Crippen LogP contribution in [0.3, 0.4) is 0 Å². The molecule has 0 radical (unpaired) electrons. The summed E-state index contributed by atoms with van der Waals surface area (Å²) in [5.74, 6) is 1.31. The third kappa shape index (κ3) is 6.52. The van der Waals surface area contributed by atoms with Crippen molar-refractivity contribution in [3.8, 4) is 11.5 Å². The number of hydrogen-bond donors (Lipinski definition) is 0. The van der Waals surface area contributed by atoms with Crippen molar-refractivity contribution >= 4 is 23.2 Å². The number of nitrogens with zero attached hydrogens (tertiary/aromatic N) is 2. The smallest absolute Gasteiger partial charge is 0.254 e. The topological polar surface area (TPSA) is 59.1 Å². The molecule has 1 saturated carbocycles. The van der Waals surface area contributed by atoms with Crippen molar-refractivity contribution in [1.29, 1.82) is 0 Å². The van der Waals surface area contributed by atoms with Gasteiger partial charge >= 0.3 is 0 Å². The van der Waals surface area contributed by atoms with E-state index in [0.29, 0.717) is 24.4 Å². The molecule has 1 aromatic heterocycles. The molecule has 1 aliphatic heterocycles. The van der Waals surface area contributed by atoms with Crippen LogP contribution in [0.4, 0.5) is 0 Å². The van der Waals surface area contributed by atoms with E-state index in [1.165, 1.54) is 18.4 Å². The molecule has 1 fully saturated rings. The lowest BCUT2D eigenvalue weighted by Gasteiger charge is -2.28. The molecular formula is C30H34N2O4S. The number of ether oxygens (including phenoxy) is 2. The summed E-state index contributed by atoms with van der Waals surface area (Å²) in [6, 6.07) is 17.9. The molecule has 0 spiro atoms. The van der Waals surface area contributed by atoms with E-state index < -0.39 is 0 Å². The minimum Gasteiger partial charge on any atom is -0.454 e. The van der Waals surface area contributed by atoms with Crippen LogP contribution in [0.2, 0.25) is 0 Å². The molecule has 6 nitrogen and oxygen atoms in total. The van der Waals surface area contributed by atoms with Crippen molar-refractivity contribution in [3.05, 3.63) is 81.5 Å². The molecule has 2 heterocycles. The van der Waals surface area contributed by atoms with E-state index >= 15 is 0 Å². The van der Waals surface area contributed by atoms with Crippen LogP contribution < -0.4 is 9.47 Å². The Morgan fingerprint density at radius 2 is 1.73 bits per heavy atom. The fraction of sp³-hybridized carbons (Fsp3) is 0.400. The number of fused-ring (bicyclic) bond motifs is 1. The highest BCUT2D eigenvalue weighted by atomic mass is 32.1. The highest BCUT2D eigenvalue weighted by Gasteiger charge is 2.35. The summed E-state index contributed by atoms with van der Waals surface area (Å²) in [5, 5.41) is 2.02. The summed E-state index contributed by atoms with van der Waals surface area (Å²) in [4.78, 5) is 31.9. The average Bonchev–Trinajstić information content (AvgIpc) is 3.41. The van der Waals surface area contributed by atoms with Crippen molar-refractivity contribution in [3.63, 3.8) is 0 Å². The van der Waals surface area contributed by atoms with Gasteiger partial charge in [-0.05, 0) is 72.5 Å². The normalized spacial score (nSPS) is 14.0. The predicted molar refractivity (Wildman–Crippen MR) is 145 cm³/mol. The Balaban J connectivity index is 1.29. The number of carbonyl (C=O) groups excluding carboxylic acids is 2. The number of amides is 2. The average molecular weight is 519 g/mol. The van der Waals surface area contributed by atoms with Gasteiger partial charge in [-0.25, -0.2) is 0 Å². The van der Waals surface area contributed by atoms with Crippen LogP contribution in [-0.4, -0.2) is 41.0 Å². The Kier molecular flexibility index (Phi) is 8.09. The van der Waals surface area contributed by atoms with Gasteiger partial charge in [0.1, 0.15) is 6.54 Å².